The minimum Gasteiger partial charge on any atom is -0.389 e. The van der Waals surface area contributed by atoms with E-state index in [1.165, 1.54) is 57.8 Å². The molecule has 0 radical (unpaired) electrons. The second-order valence-corrected chi connectivity index (χ2v) is 6.49. The van der Waals surface area contributed by atoms with Gasteiger partial charge in [-0.05, 0) is 38.5 Å². The summed E-state index contributed by atoms with van der Waals surface area (Å²) in [6.45, 7) is 3.43. The van der Waals surface area contributed by atoms with Crippen molar-refractivity contribution < 1.29 is 9.84 Å². The Morgan fingerprint density at radius 3 is 2.37 bits per heavy atom. The number of ether oxygens (including phenoxy) is 1. The molecule has 0 aromatic heterocycles. The van der Waals surface area contributed by atoms with E-state index < -0.39 is 0 Å². The predicted octanol–water partition coefficient (Wildman–Crippen LogP) is 2.86. The Bertz CT molecular complexity index is 235. The summed E-state index contributed by atoms with van der Waals surface area (Å²) in [5.41, 5.74) is 0. The summed E-state index contributed by atoms with van der Waals surface area (Å²) in [6.07, 6.45) is 11.9. The van der Waals surface area contributed by atoms with Crippen LogP contribution in [0.4, 0.5) is 0 Å². The van der Waals surface area contributed by atoms with Gasteiger partial charge in [-0.15, -0.1) is 0 Å². The van der Waals surface area contributed by atoms with Gasteiger partial charge in [0.1, 0.15) is 0 Å². The normalized spacial score (nSPS) is 25.6. The molecule has 0 bridgehead atoms. The van der Waals surface area contributed by atoms with Gasteiger partial charge in [0.25, 0.3) is 0 Å². The van der Waals surface area contributed by atoms with E-state index in [1.54, 1.807) is 0 Å². The summed E-state index contributed by atoms with van der Waals surface area (Å²) in [7, 11) is 0. The lowest BCUT2D eigenvalue weighted by molar-refractivity contribution is -0.00681. The molecule has 2 rings (SSSR count). The monoisotopic (exact) mass is 269 g/mol. The zero-order chi connectivity index (χ0) is 13.5. The molecule has 2 N–H and O–H groups in total. The number of aliphatic hydroxyl groups excluding tert-OH is 1. The maximum atomic E-state index is 9.97. The molecule has 1 unspecified atom stereocenters. The average molecular weight is 269 g/mol. The summed E-state index contributed by atoms with van der Waals surface area (Å²) >= 11 is 0. The molecule has 19 heavy (non-hydrogen) atoms. The Morgan fingerprint density at radius 1 is 1.05 bits per heavy atom. The third-order valence-electron chi connectivity index (χ3n) is 4.86. The highest BCUT2D eigenvalue weighted by molar-refractivity contribution is 4.77. The van der Waals surface area contributed by atoms with Crippen LogP contribution in [0.1, 0.15) is 64.7 Å². The van der Waals surface area contributed by atoms with Crippen LogP contribution < -0.4 is 5.32 Å². The SMILES string of the molecule is C[C@H](NCC(O)COC1CCCC1)C1CCCCC1. The zero-order valence-electron chi connectivity index (χ0n) is 12.4. The van der Waals surface area contributed by atoms with Crippen LogP contribution in [0.25, 0.3) is 0 Å². The van der Waals surface area contributed by atoms with Crippen molar-refractivity contribution in [2.75, 3.05) is 13.2 Å². The first-order valence-corrected chi connectivity index (χ1v) is 8.28. The van der Waals surface area contributed by atoms with Crippen LogP contribution in [-0.2, 0) is 4.74 Å². The fraction of sp³-hybridized carbons (Fsp3) is 1.00. The second kappa shape index (κ2) is 8.23. The van der Waals surface area contributed by atoms with Crippen LogP contribution in [0.2, 0.25) is 0 Å². The summed E-state index contributed by atoms with van der Waals surface area (Å²) in [5, 5.41) is 13.5. The van der Waals surface area contributed by atoms with Crippen molar-refractivity contribution >= 4 is 0 Å². The molecule has 0 aliphatic heterocycles. The molecule has 0 amide bonds. The highest BCUT2D eigenvalue weighted by Crippen LogP contribution is 2.26. The van der Waals surface area contributed by atoms with Gasteiger partial charge in [-0.1, -0.05) is 32.1 Å². The molecule has 2 aliphatic rings. The first-order chi connectivity index (χ1) is 9.25. The Hall–Kier alpha value is -0.120. The number of hydrogen-bond donors (Lipinski definition) is 2. The predicted molar refractivity (Wildman–Crippen MR) is 78.3 cm³/mol. The van der Waals surface area contributed by atoms with Crippen LogP contribution in [-0.4, -0.2) is 36.5 Å². The molecule has 2 fully saturated rings. The Labute approximate surface area is 118 Å². The van der Waals surface area contributed by atoms with E-state index in [2.05, 4.69) is 12.2 Å². The van der Waals surface area contributed by atoms with Gasteiger partial charge in [0.05, 0.1) is 18.8 Å². The van der Waals surface area contributed by atoms with Crippen molar-refractivity contribution in [1.82, 2.24) is 5.32 Å². The Morgan fingerprint density at radius 2 is 1.68 bits per heavy atom. The number of aliphatic hydroxyl groups is 1. The van der Waals surface area contributed by atoms with Gasteiger partial charge >= 0.3 is 0 Å². The molecular formula is C16H31NO2. The van der Waals surface area contributed by atoms with Crippen LogP contribution in [0.5, 0.6) is 0 Å². The van der Waals surface area contributed by atoms with Gasteiger partial charge in [-0.3, -0.25) is 0 Å². The lowest BCUT2D eigenvalue weighted by atomic mass is 9.84. The van der Waals surface area contributed by atoms with Gasteiger partial charge in [0, 0.05) is 12.6 Å². The van der Waals surface area contributed by atoms with Crippen molar-refractivity contribution in [2.24, 2.45) is 5.92 Å². The van der Waals surface area contributed by atoms with Gasteiger partial charge in [-0.2, -0.15) is 0 Å². The van der Waals surface area contributed by atoms with E-state index in [-0.39, 0.29) is 6.10 Å². The largest absolute Gasteiger partial charge is 0.389 e. The molecule has 0 heterocycles. The third-order valence-corrected chi connectivity index (χ3v) is 4.86. The molecule has 3 nitrogen and oxygen atoms in total. The van der Waals surface area contributed by atoms with Gasteiger partial charge in [0.15, 0.2) is 0 Å². The minimum absolute atomic E-state index is 0.355. The van der Waals surface area contributed by atoms with Crippen molar-refractivity contribution in [1.29, 1.82) is 0 Å². The lowest BCUT2D eigenvalue weighted by Gasteiger charge is -2.29. The van der Waals surface area contributed by atoms with E-state index in [4.69, 9.17) is 4.74 Å². The smallest absolute Gasteiger partial charge is 0.0897 e. The molecule has 0 saturated heterocycles. The van der Waals surface area contributed by atoms with Gasteiger partial charge < -0.3 is 15.2 Å². The van der Waals surface area contributed by atoms with E-state index in [9.17, 15) is 5.11 Å². The fourth-order valence-electron chi connectivity index (χ4n) is 3.48. The first kappa shape index (κ1) is 15.3. The van der Waals surface area contributed by atoms with Crippen LogP contribution in [0.15, 0.2) is 0 Å². The maximum Gasteiger partial charge on any atom is 0.0897 e. The quantitative estimate of drug-likeness (QED) is 0.747. The van der Waals surface area contributed by atoms with Crippen molar-refractivity contribution in [3.63, 3.8) is 0 Å². The van der Waals surface area contributed by atoms with Gasteiger partial charge in [-0.25, -0.2) is 0 Å². The molecule has 0 spiro atoms. The third kappa shape index (κ3) is 5.41. The molecule has 2 atom stereocenters. The first-order valence-electron chi connectivity index (χ1n) is 8.28. The molecule has 3 heteroatoms. The van der Waals surface area contributed by atoms with E-state index in [0.717, 1.165) is 5.92 Å². The van der Waals surface area contributed by atoms with E-state index >= 15 is 0 Å². The van der Waals surface area contributed by atoms with Crippen molar-refractivity contribution in [2.45, 2.75) is 83.0 Å². The summed E-state index contributed by atoms with van der Waals surface area (Å²) < 4.78 is 5.75. The second-order valence-electron chi connectivity index (χ2n) is 6.49. The number of nitrogens with one attached hydrogen (secondary N) is 1. The summed E-state index contributed by atoms with van der Waals surface area (Å²) in [6, 6.07) is 0.529. The Balaban J connectivity index is 1.55. The summed E-state index contributed by atoms with van der Waals surface area (Å²) in [5.74, 6) is 0.803. The standard InChI is InChI=1S/C16H31NO2/c1-13(14-7-3-2-4-8-14)17-11-15(18)12-19-16-9-5-6-10-16/h13-18H,2-12H2,1H3/t13-,15?/m0/s1. The van der Waals surface area contributed by atoms with Crippen LogP contribution in [0, 0.1) is 5.92 Å². The Kier molecular flexibility index (Phi) is 6.62. The van der Waals surface area contributed by atoms with Gasteiger partial charge in [0.2, 0.25) is 0 Å². The molecular weight excluding hydrogens is 238 g/mol. The molecule has 0 aromatic carbocycles. The van der Waals surface area contributed by atoms with E-state index in [0.29, 0.717) is 25.3 Å². The highest BCUT2D eigenvalue weighted by Gasteiger charge is 2.21. The number of rotatable bonds is 7. The minimum atomic E-state index is -0.355. The lowest BCUT2D eigenvalue weighted by Crippen LogP contribution is -2.40. The average Bonchev–Trinajstić information content (AvgIpc) is 2.96. The molecule has 112 valence electrons. The van der Waals surface area contributed by atoms with Crippen molar-refractivity contribution in [3.05, 3.63) is 0 Å². The summed E-state index contributed by atoms with van der Waals surface area (Å²) in [4.78, 5) is 0. The molecule has 0 aromatic rings. The zero-order valence-corrected chi connectivity index (χ0v) is 12.4. The molecule has 2 saturated carbocycles. The highest BCUT2D eigenvalue weighted by atomic mass is 16.5. The van der Waals surface area contributed by atoms with Crippen molar-refractivity contribution in [3.8, 4) is 0 Å². The molecule has 2 aliphatic carbocycles. The fourth-order valence-corrected chi connectivity index (χ4v) is 3.48. The maximum absolute atomic E-state index is 9.97. The number of hydrogen-bond acceptors (Lipinski definition) is 3. The van der Waals surface area contributed by atoms with Crippen LogP contribution in [0.3, 0.4) is 0 Å². The topological polar surface area (TPSA) is 41.5 Å². The van der Waals surface area contributed by atoms with Crippen LogP contribution >= 0.6 is 0 Å². The van der Waals surface area contributed by atoms with E-state index in [1.807, 2.05) is 0 Å².